The third kappa shape index (κ3) is 2.90. The van der Waals surface area contributed by atoms with Crippen molar-refractivity contribution in [2.24, 2.45) is 7.05 Å². The normalized spacial score (nSPS) is 25.2. The highest BCUT2D eigenvalue weighted by Crippen LogP contribution is 2.19. The quantitative estimate of drug-likeness (QED) is 0.842. The molecule has 96 valence electrons. The third-order valence-corrected chi connectivity index (χ3v) is 4.11. The van der Waals surface area contributed by atoms with Gasteiger partial charge in [-0.05, 0) is 51.2 Å². The maximum Gasteiger partial charge on any atom is 0.0555 e. The Kier molecular flexibility index (Phi) is 3.89. The van der Waals surface area contributed by atoms with Crippen molar-refractivity contribution in [1.82, 2.24) is 9.88 Å². The van der Waals surface area contributed by atoms with Crippen LogP contribution in [0.3, 0.4) is 0 Å². The molecule has 1 saturated carbocycles. The number of hydrogen-bond donors (Lipinski definition) is 2. The van der Waals surface area contributed by atoms with Gasteiger partial charge in [0.25, 0.3) is 0 Å². The maximum absolute atomic E-state index is 9.64. The number of nitrogens with one attached hydrogen (secondary N) is 1. The van der Waals surface area contributed by atoms with Crippen molar-refractivity contribution in [3.8, 4) is 0 Å². The van der Waals surface area contributed by atoms with Crippen LogP contribution in [0.4, 0.5) is 0 Å². The molecule has 0 radical (unpaired) electrons. The number of nitrogens with zero attached hydrogens (tertiary/aromatic N) is 1. The Hall–Kier alpha value is -0.800. The van der Waals surface area contributed by atoms with E-state index in [0.29, 0.717) is 6.04 Å². The predicted octanol–water partition coefficient (Wildman–Crippen LogP) is 2.04. The van der Waals surface area contributed by atoms with Crippen molar-refractivity contribution in [2.75, 3.05) is 0 Å². The largest absolute Gasteiger partial charge is 0.393 e. The summed E-state index contributed by atoms with van der Waals surface area (Å²) in [6.07, 6.45) is 4.12. The number of aliphatic hydroxyl groups excluding tert-OH is 1. The van der Waals surface area contributed by atoms with E-state index in [2.05, 4.69) is 36.8 Å². The number of rotatable bonds is 3. The summed E-state index contributed by atoms with van der Waals surface area (Å²) in [5.41, 5.74) is 4.03. The Labute approximate surface area is 104 Å². The SMILES string of the molecule is Cc1cc(CNC2CCCC(O)C2)c(C)n1C. The van der Waals surface area contributed by atoms with Crippen molar-refractivity contribution in [2.45, 2.75) is 58.2 Å². The number of hydrogen-bond acceptors (Lipinski definition) is 2. The summed E-state index contributed by atoms with van der Waals surface area (Å²) in [7, 11) is 2.11. The van der Waals surface area contributed by atoms with Gasteiger partial charge in [-0.25, -0.2) is 0 Å². The molecule has 0 aromatic carbocycles. The number of aryl methyl sites for hydroxylation is 1. The molecule has 2 N–H and O–H groups in total. The second-order valence-electron chi connectivity index (χ2n) is 5.35. The fourth-order valence-corrected chi connectivity index (χ4v) is 2.72. The van der Waals surface area contributed by atoms with E-state index in [-0.39, 0.29) is 6.10 Å². The molecule has 1 heterocycles. The first-order chi connectivity index (χ1) is 8.08. The highest BCUT2D eigenvalue weighted by atomic mass is 16.3. The first-order valence-electron chi connectivity index (χ1n) is 6.61. The van der Waals surface area contributed by atoms with E-state index in [4.69, 9.17) is 0 Å². The summed E-state index contributed by atoms with van der Waals surface area (Å²) >= 11 is 0. The molecule has 1 fully saturated rings. The summed E-state index contributed by atoms with van der Waals surface area (Å²) in [4.78, 5) is 0. The van der Waals surface area contributed by atoms with Gasteiger partial charge in [-0.3, -0.25) is 0 Å². The fourth-order valence-electron chi connectivity index (χ4n) is 2.72. The van der Waals surface area contributed by atoms with Crippen molar-refractivity contribution in [3.05, 3.63) is 23.0 Å². The van der Waals surface area contributed by atoms with Gasteiger partial charge in [0.2, 0.25) is 0 Å². The molecule has 2 rings (SSSR count). The van der Waals surface area contributed by atoms with Crippen molar-refractivity contribution >= 4 is 0 Å². The zero-order chi connectivity index (χ0) is 12.4. The molecule has 0 saturated heterocycles. The van der Waals surface area contributed by atoms with E-state index in [9.17, 15) is 5.11 Å². The van der Waals surface area contributed by atoms with Crippen LogP contribution in [0.15, 0.2) is 6.07 Å². The van der Waals surface area contributed by atoms with E-state index in [1.165, 1.54) is 23.4 Å². The highest BCUT2D eigenvalue weighted by molar-refractivity contribution is 5.26. The van der Waals surface area contributed by atoms with Gasteiger partial charge in [0.05, 0.1) is 6.10 Å². The maximum atomic E-state index is 9.64. The average Bonchev–Trinajstić information content (AvgIpc) is 2.54. The van der Waals surface area contributed by atoms with Gasteiger partial charge in [-0.1, -0.05) is 0 Å². The zero-order valence-electron chi connectivity index (χ0n) is 11.2. The molecular formula is C14H24N2O. The van der Waals surface area contributed by atoms with Gasteiger partial charge in [-0.15, -0.1) is 0 Å². The van der Waals surface area contributed by atoms with Crippen molar-refractivity contribution < 1.29 is 5.11 Å². The van der Waals surface area contributed by atoms with Crippen LogP contribution < -0.4 is 5.32 Å². The van der Waals surface area contributed by atoms with E-state index in [0.717, 1.165) is 25.8 Å². The highest BCUT2D eigenvalue weighted by Gasteiger charge is 2.19. The van der Waals surface area contributed by atoms with E-state index in [1.807, 2.05) is 0 Å². The van der Waals surface area contributed by atoms with Gasteiger partial charge in [0, 0.05) is 31.0 Å². The Morgan fingerprint density at radius 3 is 2.76 bits per heavy atom. The lowest BCUT2D eigenvalue weighted by Gasteiger charge is -2.26. The number of aromatic nitrogens is 1. The van der Waals surface area contributed by atoms with Crippen LogP contribution in [0.5, 0.6) is 0 Å². The standard InChI is InChI=1S/C14H24N2O/c1-10-7-12(11(2)16(10)3)9-15-13-5-4-6-14(17)8-13/h7,13-15,17H,4-6,8-9H2,1-3H3. The topological polar surface area (TPSA) is 37.2 Å². The van der Waals surface area contributed by atoms with E-state index >= 15 is 0 Å². The molecule has 2 atom stereocenters. The van der Waals surface area contributed by atoms with Gasteiger partial charge in [0.1, 0.15) is 0 Å². The molecule has 0 spiro atoms. The Morgan fingerprint density at radius 2 is 2.18 bits per heavy atom. The fraction of sp³-hybridized carbons (Fsp3) is 0.714. The van der Waals surface area contributed by atoms with Crippen molar-refractivity contribution in [3.63, 3.8) is 0 Å². The molecule has 2 unspecified atom stereocenters. The Morgan fingerprint density at radius 1 is 1.41 bits per heavy atom. The van der Waals surface area contributed by atoms with Crippen molar-refractivity contribution in [1.29, 1.82) is 0 Å². The van der Waals surface area contributed by atoms with Crippen LogP contribution in [0.1, 0.15) is 42.6 Å². The lowest BCUT2D eigenvalue weighted by molar-refractivity contribution is 0.111. The minimum Gasteiger partial charge on any atom is -0.393 e. The summed E-state index contributed by atoms with van der Waals surface area (Å²) in [5, 5.41) is 13.2. The minimum atomic E-state index is -0.0974. The summed E-state index contributed by atoms with van der Waals surface area (Å²) in [5.74, 6) is 0. The monoisotopic (exact) mass is 236 g/mol. The first kappa shape index (κ1) is 12.7. The van der Waals surface area contributed by atoms with Crippen LogP contribution in [-0.4, -0.2) is 21.8 Å². The molecular weight excluding hydrogens is 212 g/mol. The zero-order valence-corrected chi connectivity index (χ0v) is 11.2. The van der Waals surface area contributed by atoms with Crippen LogP contribution in [0, 0.1) is 13.8 Å². The smallest absolute Gasteiger partial charge is 0.0555 e. The van der Waals surface area contributed by atoms with E-state index < -0.39 is 0 Å². The number of aliphatic hydroxyl groups is 1. The van der Waals surface area contributed by atoms with Crippen LogP contribution >= 0.6 is 0 Å². The third-order valence-electron chi connectivity index (χ3n) is 4.11. The second kappa shape index (κ2) is 5.23. The molecule has 0 aliphatic heterocycles. The van der Waals surface area contributed by atoms with Crippen LogP contribution in [0.2, 0.25) is 0 Å². The molecule has 1 aliphatic rings. The molecule has 3 heteroatoms. The van der Waals surface area contributed by atoms with Gasteiger partial charge in [-0.2, -0.15) is 0 Å². The molecule has 1 aromatic rings. The lowest BCUT2D eigenvalue weighted by Crippen LogP contribution is -2.35. The molecule has 1 aliphatic carbocycles. The molecule has 3 nitrogen and oxygen atoms in total. The average molecular weight is 236 g/mol. The summed E-state index contributed by atoms with van der Waals surface area (Å²) < 4.78 is 2.23. The van der Waals surface area contributed by atoms with E-state index in [1.54, 1.807) is 0 Å². The second-order valence-corrected chi connectivity index (χ2v) is 5.35. The first-order valence-corrected chi connectivity index (χ1v) is 6.61. The lowest BCUT2D eigenvalue weighted by atomic mass is 9.93. The van der Waals surface area contributed by atoms with Gasteiger partial charge >= 0.3 is 0 Å². The molecule has 0 bridgehead atoms. The molecule has 17 heavy (non-hydrogen) atoms. The summed E-state index contributed by atoms with van der Waals surface area (Å²) in [6, 6.07) is 2.74. The summed E-state index contributed by atoms with van der Waals surface area (Å²) in [6.45, 7) is 5.23. The van der Waals surface area contributed by atoms with Gasteiger partial charge < -0.3 is 15.0 Å². The van der Waals surface area contributed by atoms with Crippen LogP contribution in [-0.2, 0) is 13.6 Å². The Balaban J connectivity index is 1.91. The molecule has 0 amide bonds. The van der Waals surface area contributed by atoms with Crippen LogP contribution in [0.25, 0.3) is 0 Å². The minimum absolute atomic E-state index is 0.0974. The van der Waals surface area contributed by atoms with Gasteiger partial charge in [0.15, 0.2) is 0 Å². The predicted molar refractivity (Wildman–Crippen MR) is 70.0 cm³/mol. The molecule has 1 aromatic heterocycles. The Bertz CT molecular complexity index is 384.